The number of aliphatic hydroxyl groups excluding tert-OH is 1. The van der Waals surface area contributed by atoms with Crippen molar-refractivity contribution in [3.8, 4) is 5.75 Å². The van der Waals surface area contributed by atoms with Crippen LogP contribution in [0.2, 0.25) is 0 Å². The van der Waals surface area contributed by atoms with E-state index in [2.05, 4.69) is 0 Å². The molecule has 4 rings (SSSR count). The molecule has 2 aromatic carbocycles. The second-order valence-electron chi connectivity index (χ2n) is 12.8. The average molecular weight is 647 g/mol. The molecule has 0 saturated carbocycles. The van der Waals surface area contributed by atoms with Gasteiger partial charge in [-0.05, 0) is 70.7 Å². The summed E-state index contributed by atoms with van der Waals surface area (Å²) >= 11 is 0. The second-order valence-corrected chi connectivity index (χ2v) is 14.8. The molecule has 0 aliphatic carbocycles. The molecule has 1 N–H and O–H groups in total. The number of likely N-dealkylation sites (tertiary alicyclic amines) is 1. The molecule has 11 nitrogen and oxygen atoms in total. The predicted octanol–water partition coefficient (Wildman–Crippen LogP) is 4.46. The van der Waals surface area contributed by atoms with Crippen molar-refractivity contribution in [2.75, 3.05) is 39.1 Å². The normalized spacial score (nSPS) is 20.4. The quantitative estimate of drug-likeness (QED) is 0.398. The summed E-state index contributed by atoms with van der Waals surface area (Å²) in [5, 5.41) is 11.2. The first-order valence-corrected chi connectivity index (χ1v) is 17.3. The number of piperidine rings is 1. The lowest BCUT2D eigenvalue weighted by molar-refractivity contribution is -0.0792. The highest BCUT2D eigenvalue weighted by atomic mass is 32.2. The van der Waals surface area contributed by atoms with Gasteiger partial charge in [-0.25, -0.2) is 18.0 Å². The summed E-state index contributed by atoms with van der Waals surface area (Å²) in [7, 11) is -3.43. The van der Waals surface area contributed by atoms with Crippen LogP contribution in [0.25, 0.3) is 0 Å². The lowest BCUT2D eigenvalue weighted by Crippen LogP contribution is -2.51. The standard InChI is InChI=1S/C33H46N2O9S/c1-6-41-30(37)34-17-15-33(16-18-34)21-28(29(43-33)19-24-11-8-7-9-12-24)35(31(38)44-32(2,3)4)22-25(36)23-42-26-13-10-14-27(20-26)45(5,39)40/h7-14,20,25,28-29,36H,6,15-19,21-23H2,1-5H3/t25-,28?,29-/m1/s1. The third-order valence-electron chi connectivity index (χ3n) is 8.00. The Hall–Kier alpha value is -3.35. The molecule has 248 valence electrons. The van der Waals surface area contributed by atoms with Gasteiger partial charge in [0.15, 0.2) is 9.84 Å². The molecule has 2 fully saturated rings. The Bertz CT molecular complexity index is 1400. The Morgan fingerprint density at radius 2 is 1.80 bits per heavy atom. The Morgan fingerprint density at radius 3 is 2.42 bits per heavy atom. The molecule has 0 bridgehead atoms. The van der Waals surface area contributed by atoms with Gasteiger partial charge < -0.3 is 29.0 Å². The number of benzene rings is 2. The summed E-state index contributed by atoms with van der Waals surface area (Å²) in [6.07, 6.45) is 0.895. The molecule has 12 heteroatoms. The first kappa shape index (κ1) is 34.5. The van der Waals surface area contributed by atoms with Crippen LogP contribution in [0.1, 0.15) is 52.5 Å². The van der Waals surface area contributed by atoms with Gasteiger partial charge in [0.25, 0.3) is 0 Å². The largest absolute Gasteiger partial charge is 0.491 e. The van der Waals surface area contributed by atoms with E-state index in [0.29, 0.717) is 51.1 Å². The number of nitrogens with zero attached hydrogens (tertiary/aromatic N) is 2. The molecule has 1 spiro atoms. The molecule has 0 radical (unpaired) electrons. The Morgan fingerprint density at radius 1 is 1.11 bits per heavy atom. The van der Waals surface area contributed by atoms with Gasteiger partial charge in [0.2, 0.25) is 0 Å². The zero-order chi connectivity index (χ0) is 32.8. The van der Waals surface area contributed by atoms with E-state index < -0.39 is 45.4 Å². The van der Waals surface area contributed by atoms with Crippen molar-refractivity contribution in [1.82, 2.24) is 9.80 Å². The van der Waals surface area contributed by atoms with Gasteiger partial charge in [-0.15, -0.1) is 0 Å². The van der Waals surface area contributed by atoms with Crippen molar-refractivity contribution in [3.05, 3.63) is 60.2 Å². The average Bonchev–Trinajstić information content (AvgIpc) is 3.31. The minimum atomic E-state index is -3.43. The van der Waals surface area contributed by atoms with E-state index in [-0.39, 0.29) is 24.1 Å². The van der Waals surface area contributed by atoms with Crippen molar-refractivity contribution in [2.45, 2.75) is 87.7 Å². The minimum absolute atomic E-state index is 0.0922. The maximum Gasteiger partial charge on any atom is 0.410 e. The number of amides is 2. The zero-order valence-corrected chi connectivity index (χ0v) is 27.6. The Balaban J connectivity index is 1.56. The van der Waals surface area contributed by atoms with Crippen LogP contribution in [0.3, 0.4) is 0 Å². The highest BCUT2D eigenvalue weighted by Crippen LogP contribution is 2.42. The highest BCUT2D eigenvalue weighted by molar-refractivity contribution is 7.90. The molecule has 2 aromatic rings. The summed E-state index contributed by atoms with van der Waals surface area (Å²) < 4.78 is 47.5. The number of hydrogen-bond donors (Lipinski definition) is 1. The van der Waals surface area contributed by atoms with Crippen LogP contribution in [-0.4, -0.2) is 104 Å². The first-order chi connectivity index (χ1) is 21.2. The minimum Gasteiger partial charge on any atom is -0.491 e. The summed E-state index contributed by atoms with van der Waals surface area (Å²) in [6.45, 7) is 8.12. The van der Waals surface area contributed by atoms with Gasteiger partial charge >= 0.3 is 12.2 Å². The Labute approximate surface area is 266 Å². The van der Waals surface area contributed by atoms with Crippen molar-refractivity contribution < 1.29 is 42.1 Å². The van der Waals surface area contributed by atoms with E-state index in [9.17, 15) is 23.1 Å². The fourth-order valence-electron chi connectivity index (χ4n) is 5.86. The lowest BCUT2D eigenvalue weighted by atomic mass is 9.86. The fraction of sp³-hybridized carbons (Fsp3) is 0.576. The number of rotatable bonds is 10. The smallest absolute Gasteiger partial charge is 0.410 e. The van der Waals surface area contributed by atoms with Crippen LogP contribution < -0.4 is 4.74 Å². The lowest BCUT2D eigenvalue weighted by Gasteiger charge is -2.38. The van der Waals surface area contributed by atoms with Crippen LogP contribution >= 0.6 is 0 Å². The van der Waals surface area contributed by atoms with Crippen LogP contribution in [-0.2, 0) is 30.5 Å². The van der Waals surface area contributed by atoms with Gasteiger partial charge in [0.1, 0.15) is 24.1 Å². The van der Waals surface area contributed by atoms with Crippen LogP contribution in [0.4, 0.5) is 9.59 Å². The van der Waals surface area contributed by atoms with Crippen molar-refractivity contribution in [3.63, 3.8) is 0 Å². The van der Waals surface area contributed by atoms with E-state index in [4.69, 9.17) is 18.9 Å². The molecule has 2 amide bonds. The molecule has 3 atom stereocenters. The summed E-state index contributed by atoms with van der Waals surface area (Å²) in [5.74, 6) is 0.291. The van der Waals surface area contributed by atoms with Gasteiger partial charge in [0, 0.05) is 25.8 Å². The third-order valence-corrected chi connectivity index (χ3v) is 9.11. The highest BCUT2D eigenvalue weighted by Gasteiger charge is 2.51. The van der Waals surface area contributed by atoms with E-state index in [1.165, 1.54) is 12.1 Å². The van der Waals surface area contributed by atoms with Gasteiger partial charge in [0.05, 0.1) is 35.8 Å². The van der Waals surface area contributed by atoms with Gasteiger partial charge in [-0.3, -0.25) is 4.90 Å². The molecule has 2 heterocycles. The Kier molecular flexibility index (Phi) is 11.0. The maximum absolute atomic E-state index is 13.8. The summed E-state index contributed by atoms with van der Waals surface area (Å²) in [6, 6.07) is 15.5. The zero-order valence-electron chi connectivity index (χ0n) is 26.8. The summed E-state index contributed by atoms with van der Waals surface area (Å²) in [5.41, 5.74) is -0.298. The van der Waals surface area contributed by atoms with Crippen LogP contribution in [0, 0.1) is 0 Å². The van der Waals surface area contributed by atoms with Gasteiger partial charge in [-0.1, -0.05) is 36.4 Å². The molecule has 0 aromatic heterocycles. The third kappa shape index (κ3) is 9.57. The molecule has 45 heavy (non-hydrogen) atoms. The first-order valence-electron chi connectivity index (χ1n) is 15.4. The van der Waals surface area contributed by atoms with Crippen LogP contribution in [0.5, 0.6) is 5.75 Å². The number of aliphatic hydroxyl groups is 1. The van der Waals surface area contributed by atoms with Crippen molar-refractivity contribution >= 4 is 22.0 Å². The van der Waals surface area contributed by atoms with Crippen molar-refractivity contribution in [1.29, 1.82) is 0 Å². The topological polar surface area (TPSA) is 132 Å². The van der Waals surface area contributed by atoms with E-state index in [0.717, 1.165) is 11.8 Å². The van der Waals surface area contributed by atoms with Crippen LogP contribution in [0.15, 0.2) is 59.5 Å². The predicted molar refractivity (Wildman–Crippen MR) is 168 cm³/mol. The number of carbonyl (C=O) groups is 2. The van der Waals surface area contributed by atoms with E-state index >= 15 is 0 Å². The summed E-state index contributed by atoms with van der Waals surface area (Å²) in [4.78, 5) is 29.5. The van der Waals surface area contributed by atoms with Gasteiger partial charge in [-0.2, -0.15) is 0 Å². The molecule has 1 unspecified atom stereocenters. The van der Waals surface area contributed by atoms with E-state index in [1.807, 2.05) is 30.3 Å². The number of hydrogen-bond acceptors (Lipinski definition) is 9. The SMILES string of the molecule is CCOC(=O)N1CCC2(CC1)CC(N(C[C@@H](O)COc1cccc(S(C)(=O)=O)c1)C(=O)OC(C)(C)C)[C@@H](Cc1ccccc1)O2. The monoisotopic (exact) mass is 646 g/mol. The molecule has 2 saturated heterocycles. The second kappa shape index (κ2) is 14.4. The molecule has 2 aliphatic rings. The maximum atomic E-state index is 13.8. The molecular weight excluding hydrogens is 600 g/mol. The number of carbonyl (C=O) groups excluding carboxylic acids is 2. The number of sulfone groups is 1. The van der Waals surface area contributed by atoms with Crippen molar-refractivity contribution in [2.24, 2.45) is 0 Å². The van der Waals surface area contributed by atoms with E-state index in [1.54, 1.807) is 49.6 Å². The number of ether oxygens (including phenoxy) is 4. The molecular formula is C33H46N2O9S. The fourth-order valence-corrected chi connectivity index (χ4v) is 6.52. The molecule has 2 aliphatic heterocycles.